The Bertz CT molecular complexity index is 876. The van der Waals surface area contributed by atoms with E-state index in [2.05, 4.69) is 0 Å². The molecule has 2 aromatic rings. The fourth-order valence-corrected chi connectivity index (χ4v) is 2.92. The van der Waals surface area contributed by atoms with Crippen molar-refractivity contribution < 1.29 is 27.8 Å². The van der Waals surface area contributed by atoms with Crippen molar-refractivity contribution in [3.8, 4) is 5.75 Å². The van der Waals surface area contributed by atoms with E-state index in [1.54, 1.807) is 0 Å². The number of carbonyl (C=O) groups excluding carboxylic acids is 1. The van der Waals surface area contributed by atoms with Crippen LogP contribution >= 0.6 is 23.2 Å². The largest absolute Gasteiger partial charge is 0.506 e. The first kappa shape index (κ1) is 18.5. The monoisotopic (exact) mass is 406 g/mol. The molecule has 1 aliphatic heterocycles. The van der Waals surface area contributed by atoms with Crippen LogP contribution in [0.25, 0.3) is 0 Å². The minimum absolute atomic E-state index is 0.0300. The molecule has 1 fully saturated rings. The molecular weight excluding hydrogens is 396 g/mol. The van der Waals surface area contributed by atoms with Crippen LogP contribution in [0.3, 0.4) is 0 Å². The molecule has 3 rings (SSSR count). The summed E-state index contributed by atoms with van der Waals surface area (Å²) in [6, 6.07) is 6.76. The summed E-state index contributed by atoms with van der Waals surface area (Å²) in [7, 11) is 1.34. The van der Waals surface area contributed by atoms with Crippen molar-refractivity contribution in [3.05, 3.63) is 57.6 Å². The predicted molar refractivity (Wildman–Crippen MR) is 89.0 cm³/mol. The number of hydrogen-bond acceptors (Lipinski definition) is 4. The Morgan fingerprint density at radius 2 is 1.85 bits per heavy atom. The van der Waals surface area contributed by atoms with E-state index in [1.807, 2.05) is 0 Å². The molecule has 5 nitrogen and oxygen atoms in total. The SMILES string of the molecule is CN1C(=O)OC(c2cc(C(F)(F)F)ccc2Cl)N1c1cc(Cl)ccc1O. The second-order valence-electron chi connectivity index (χ2n) is 5.47. The molecule has 2 aromatic carbocycles. The minimum Gasteiger partial charge on any atom is -0.506 e. The maximum Gasteiger partial charge on any atom is 0.430 e. The Labute approximate surface area is 156 Å². The number of carbonyl (C=O) groups is 1. The summed E-state index contributed by atoms with van der Waals surface area (Å²) in [4.78, 5) is 12.0. The second-order valence-corrected chi connectivity index (χ2v) is 6.32. The number of hydrazine groups is 1. The molecule has 0 spiro atoms. The second kappa shape index (κ2) is 6.44. The molecule has 0 aliphatic carbocycles. The smallest absolute Gasteiger partial charge is 0.430 e. The lowest BCUT2D eigenvalue weighted by atomic mass is 10.1. The van der Waals surface area contributed by atoms with Crippen LogP contribution in [0.2, 0.25) is 10.0 Å². The fourth-order valence-electron chi connectivity index (χ4n) is 2.54. The Balaban J connectivity index is 2.14. The van der Waals surface area contributed by atoms with Crippen LogP contribution in [0.1, 0.15) is 17.4 Å². The number of anilines is 1. The zero-order valence-electron chi connectivity index (χ0n) is 13.1. The molecular formula is C16H11Cl2F3N2O3. The van der Waals surface area contributed by atoms with Gasteiger partial charge in [0.2, 0.25) is 6.23 Å². The van der Waals surface area contributed by atoms with Gasteiger partial charge in [-0.15, -0.1) is 0 Å². The first-order valence-corrected chi connectivity index (χ1v) is 7.94. The molecule has 1 saturated heterocycles. The van der Waals surface area contributed by atoms with Gasteiger partial charge in [-0.25, -0.2) is 14.8 Å². The third-order valence-corrected chi connectivity index (χ3v) is 4.37. The molecule has 1 N–H and O–H groups in total. The molecule has 0 bridgehead atoms. The van der Waals surface area contributed by atoms with Gasteiger partial charge in [0.05, 0.1) is 5.56 Å². The van der Waals surface area contributed by atoms with E-state index < -0.39 is 24.1 Å². The van der Waals surface area contributed by atoms with Crippen LogP contribution in [0.4, 0.5) is 23.7 Å². The molecule has 1 heterocycles. The van der Waals surface area contributed by atoms with Crippen LogP contribution in [0.15, 0.2) is 36.4 Å². The maximum absolute atomic E-state index is 13.0. The van der Waals surface area contributed by atoms with Crippen molar-refractivity contribution in [2.75, 3.05) is 12.1 Å². The van der Waals surface area contributed by atoms with Crippen LogP contribution in [-0.4, -0.2) is 23.3 Å². The highest BCUT2D eigenvalue weighted by molar-refractivity contribution is 6.31. The number of aromatic hydroxyl groups is 1. The lowest BCUT2D eigenvalue weighted by Gasteiger charge is -2.29. The van der Waals surface area contributed by atoms with E-state index in [0.717, 1.165) is 23.2 Å². The van der Waals surface area contributed by atoms with Crippen molar-refractivity contribution >= 4 is 35.0 Å². The quantitative estimate of drug-likeness (QED) is 0.742. The van der Waals surface area contributed by atoms with Gasteiger partial charge < -0.3 is 9.84 Å². The van der Waals surface area contributed by atoms with Crippen LogP contribution in [-0.2, 0) is 10.9 Å². The lowest BCUT2D eigenvalue weighted by Crippen LogP contribution is -2.36. The zero-order chi connectivity index (χ0) is 19.2. The summed E-state index contributed by atoms with van der Waals surface area (Å²) in [5, 5.41) is 12.5. The number of phenols is 1. The van der Waals surface area contributed by atoms with Gasteiger partial charge in [0.1, 0.15) is 11.4 Å². The van der Waals surface area contributed by atoms with E-state index in [0.29, 0.717) is 0 Å². The highest BCUT2D eigenvalue weighted by atomic mass is 35.5. The number of hydrogen-bond donors (Lipinski definition) is 1. The number of ether oxygens (including phenoxy) is 1. The molecule has 0 aromatic heterocycles. The van der Waals surface area contributed by atoms with Crippen molar-refractivity contribution in [1.29, 1.82) is 0 Å². The Morgan fingerprint density at radius 1 is 1.15 bits per heavy atom. The summed E-state index contributed by atoms with van der Waals surface area (Å²) >= 11 is 12.0. The Kier molecular flexibility index (Phi) is 4.58. The molecule has 138 valence electrons. The van der Waals surface area contributed by atoms with Gasteiger partial charge >= 0.3 is 12.3 Å². The highest BCUT2D eigenvalue weighted by Crippen LogP contribution is 2.43. The van der Waals surface area contributed by atoms with E-state index in [1.165, 1.54) is 30.3 Å². The number of rotatable bonds is 2. The van der Waals surface area contributed by atoms with Gasteiger partial charge in [0, 0.05) is 22.7 Å². The standard InChI is InChI=1S/C16H11Cl2F3N2O3/c1-22-15(25)26-14(23(22)12-7-9(17)3-5-13(12)24)10-6-8(16(19,20)21)2-4-11(10)18/h2-7,14,24H,1H3. The first-order chi connectivity index (χ1) is 12.1. The van der Waals surface area contributed by atoms with E-state index in [9.17, 15) is 23.1 Å². The molecule has 1 unspecified atom stereocenters. The third kappa shape index (κ3) is 3.22. The molecule has 0 saturated carbocycles. The zero-order valence-corrected chi connectivity index (χ0v) is 14.6. The molecule has 1 atom stereocenters. The van der Waals surface area contributed by atoms with Crippen LogP contribution in [0.5, 0.6) is 5.75 Å². The number of benzene rings is 2. The van der Waals surface area contributed by atoms with E-state index in [-0.39, 0.29) is 27.0 Å². The van der Waals surface area contributed by atoms with Gasteiger partial charge in [-0.2, -0.15) is 13.2 Å². The summed E-state index contributed by atoms with van der Waals surface area (Å²) in [5.74, 6) is -0.243. The van der Waals surface area contributed by atoms with Gasteiger partial charge in [-0.3, -0.25) is 0 Å². The van der Waals surface area contributed by atoms with Gasteiger partial charge in [-0.1, -0.05) is 23.2 Å². The molecule has 0 radical (unpaired) electrons. The third-order valence-electron chi connectivity index (χ3n) is 3.80. The van der Waals surface area contributed by atoms with Gasteiger partial charge in [0.25, 0.3) is 0 Å². The minimum atomic E-state index is -4.60. The van der Waals surface area contributed by atoms with E-state index >= 15 is 0 Å². The van der Waals surface area contributed by atoms with Crippen molar-refractivity contribution in [2.45, 2.75) is 12.4 Å². The van der Waals surface area contributed by atoms with Crippen molar-refractivity contribution in [1.82, 2.24) is 5.01 Å². The summed E-state index contributed by atoms with van der Waals surface area (Å²) < 4.78 is 44.3. The average Bonchev–Trinajstić information content (AvgIpc) is 2.84. The van der Waals surface area contributed by atoms with Gasteiger partial charge in [-0.05, 0) is 36.4 Å². The predicted octanol–water partition coefficient (Wildman–Crippen LogP) is 5.22. The number of alkyl halides is 3. The van der Waals surface area contributed by atoms with Crippen LogP contribution < -0.4 is 5.01 Å². The first-order valence-electron chi connectivity index (χ1n) is 7.18. The van der Waals surface area contributed by atoms with Crippen LogP contribution in [0, 0.1) is 0 Å². The van der Waals surface area contributed by atoms with Crippen molar-refractivity contribution in [2.24, 2.45) is 0 Å². The molecule has 1 amide bonds. The topological polar surface area (TPSA) is 53.0 Å². The lowest BCUT2D eigenvalue weighted by molar-refractivity contribution is -0.137. The number of cyclic esters (lactones) is 1. The normalized spacial score (nSPS) is 17.6. The summed E-state index contributed by atoms with van der Waals surface area (Å²) in [6.07, 6.45) is -6.74. The number of amides is 1. The van der Waals surface area contributed by atoms with Crippen molar-refractivity contribution in [3.63, 3.8) is 0 Å². The summed E-state index contributed by atoms with van der Waals surface area (Å²) in [5.41, 5.74) is -0.958. The fraction of sp³-hybridized carbons (Fsp3) is 0.188. The molecule has 10 heteroatoms. The Morgan fingerprint density at radius 3 is 2.50 bits per heavy atom. The number of nitrogens with zero attached hydrogens (tertiary/aromatic N) is 2. The molecule has 26 heavy (non-hydrogen) atoms. The number of phenolic OH excluding ortho intramolecular Hbond substituents is 1. The molecule has 1 aliphatic rings. The average molecular weight is 407 g/mol. The Hall–Kier alpha value is -2.32. The maximum atomic E-state index is 13.0. The highest BCUT2D eigenvalue weighted by Gasteiger charge is 2.42. The van der Waals surface area contributed by atoms with Gasteiger partial charge in [0.15, 0.2) is 0 Å². The number of halogens is 5. The van der Waals surface area contributed by atoms with E-state index in [4.69, 9.17) is 27.9 Å². The summed E-state index contributed by atoms with van der Waals surface area (Å²) in [6.45, 7) is 0.